The number of hydrogen-bond donors (Lipinski definition) is 1. The Morgan fingerprint density at radius 2 is 2.25 bits per heavy atom. The molecule has 0 radical (unpaired) electrons. The highest BCUT2D eigenvalue weighted by Gasteiger charge is 2.23. The highest BCUT2D eigenvalue weighted by atomic mass is 16.2. The highest BCUT2D eigenvalue weighted by molar-refractivity contribution is 5.78. The number of aromatic nitrogens is 2. The van der Waals surface area contributed by atoms with Gasteiger partial charge in [-0.05, 0) is 18.9 Å². The lowest BCUT2D eigenvalue weighted by molar-refractivity contribution is -0.129. The third-order valence-corrected chi connectivity index (χ3v) is 2.72. The van der Waals surface area contributed by atoms with Crippen molar-refractivity contribution in [3.8, 4) is 0 Å². The second kappa shape index (κ2) is 4.57. The summed E-state index contributed by atoms with van der Waals surface area (Å²) in [5, 5.41) is 0. The molecule has 0 aromatic carbocycles. The van der Waals surface area contributed by atoms with E-state index in [0.717, 1.165) is 18.5 Å². The van der Waals surface area contributed by atoms with Gasteiger partial charge >= 0.3 is 0 Å². The molecule has 5 nitrogen and oxygen atoms in total. The largest absolute Gasteiger partial charge is 0.341 e. The fourth-order valence-corrected chi connectivity index (χ4v) is 1.77. The predicted molar refractivity (Wildman–Crippen MR) is 59.6 cm³/mol. The Hall–Kier alpha value is -1.49. The van der Waals surface area contributed by atoms with Crippen LogP contribution in [0, 0.1) is 6.92 Å². The highest BCUT2D eigenvalue weighted by Crippen LogP contribution is 2.08. The zero-order valence-corrected chi connectivity index (χ0v) is 9.39. The van der Waals surface area contributed by atoms with Gasteiger partial charge in [0.2, 0.25) is 5.91 Å². The van der Waals surface area contributed by atoms with Crippen LogP contribution in [0.15, 0.2) is 12.4 Å². The van der Waals surface area contributed by atoms with Crippen molar-refractivity contribution in [1.82, 2.24) is 14.9 Å². The summed E-state index contributed by atoms with van der Waals surface area (Å²) in [4.78, 5) is 21.9. The van der Waals surface area contributed by atoms with Crippen molar-refractivity contribution in [1.29, 1.82) is 0 Å². The van der Waals surface area contributed by atoms with Crippen molar-refractivity contribution in [2.45, 2.75) is 25.8 Å². The molecule has 2 heterocycles. The maximum atomic E-state index is 11.8. The first-order valence-electron chi connectivity index (χ1n) is 5.46. The molecule has 16 heavy (non-hydrogen) atoms. The number of aryl methyl sites for hydroxylation is 1. The number of nitrogens with two attached hydrogens (primary N) is 1. The van der Waals surface area contributed by atoms with Crippen LogP contribution < -0.4 is 5.73 Å². The van der Waals surface area contributed by atoms with E-state index in [2.05, 4.69) is 9.97 Å². The van der Waals surface area contributed by atoms with Crippen molar-refractivity contribution >= 4 is 5.91 Å². The number of amides is 1. The molecule has 0 bridgehead atoms. The molecule has 1 aromatic heterocycles. The molecule has 2 rings (SSSR count). The van der Waals surface area contributed by atoms with Crippen LogP contribution in [-0.2, 0) is 11.2 Å². The van der Waals surface area contributed by atoms with E-state index in [4.69, 9.17) is 5.73 Å². The normalized spacial score (nSPS) is 20.1. The minimum Gasteiger partial charge on any atom is -0.341 e. The van der Waals surface area contributed by atoms with E-state index < -0.39 is 0 Å². The molecule has 1 aliphatic heterocycles. The van der Waals surface area contributed by atoms with Gasteiger partial charge in [-0.2, -0.15) is 0 Å². The van der Waals surface area contributed by atoms with Crippen molar-refractivity contribution in [3.05, 3.63) is 23.8 Å². The number of carbonyl (C=O) groups is 1. The third kappa shape index (κ3) is 2.55. The molecule has 1 aromatic rings. The van der Waals surface area contributed by atoms with Crippen molar-refractivity contribution in [2.24, 2.45) is 5.73 Å². The Morgan fingerprint density at radius 1 is 1.56 bits per heavy atom. The number of rotatable bonds is 2. The SMILES string of the molecule is Cc1cnc(CC(=O)N2CCC(N)C2)nc1. The minimum atomic E-state index is 0.0665. The van der Waals surface area contributed by atoms with Gasteiger partial charge in [-0.25, -0.2) is 9.97 Å². The van der Waals surface area contributed by atoms with E-state index in [9.17, 15) is 4.79 Å². The molecule has 86 valence electrons. The number of likely N-dealkylation sites (tertiary alicyclic amines) is 1. The lowest BCUT2D eigenvalue weighted by Gasteiger charge is -2.14. The van der Waals surface area contributed by atoms with Gasteiger partial charge in [-0.3, -0.25) is 4.79 Å². The van der Waals surface area contributed by atoms with E-state index in [-0.39, 0.29) is 18.4 Å². The minimum absolute atomic E-state index is 0.0665. The van der Waals surface area contributed by atoms with E-state index in [1.165, 1.54) is 0 Å². The van der Waals surface area contributed by atoms with Crippen molar-refractivity contribution in [3.63, 3.8) is 0 Å². The maximum Gasteiger partial charge on any atom is 0.230 e. The first-order chi connectivity index (χ1) is 7.65. The quantitative estimate of drug-likeness (QED) is 0.754. The second-order valence-corrected chi connectivity index (χ2v) is 4.24. The number of nitrogens with zero attached hydrogens (tertiary/aromatic N) is 3. The molecule has 1 fully saturated rings. The Kier molecular flexibility index (Phi) is 3.14. The van der Waals surface area contributed by atoms with Gasteiger partial charge in [0.25, 0.3) is 0 Å². The van der Waals surface area contributed by atoms with Crippen molar-refractivity contribution in [2.75, 3.05) is 13.1 Å². The topological polar surface area (TPSA) is 72.1 Å². The lowest BCUT2D eigenvalue weighted by atomic mass is 10.3. The van der Waals surface area contributed by atoms with Crippen LogP contribution in [0.1, 0.15) is 17.8 Å². The molecule has 0 spiro atoms. The van der Waals surface area contributed by atoms with E-state index in [1.807, 2.05) is 6.92 Å². The van der Waals surface area contributed by atoms with Crippen LogP contribution in [0.4, 0.5) is 0 Å². The lowest BCUT2D eigenvalue weighted by Crippen LogP contribution is -2.33. The first-order valence-corrected chi connectivity index (χ1v) is 5.46. The van der Waals surface area contributed by atoms with Gasteiger partial charge in [-0.15, -0.1) is 0 Å². The van der Waals surface area contributed by atoms with Gasteiger partial charge in [0.05, 0.1) is 6.42 Å². The molecule has 1 unspecified atom stereocenters. The summed E-state index contributed by atoms with van der Waals surface area (Å²) >= 11 is 0. The average molecular weight is 220 g/mol. The summed E-state index contributed by atoms with van der Waals surface area (Å²) in [5.41, 5.74) is 6.75. The van der Waals surface area contributed by atoms with E-state index in [1.54, 1.807) is 17.3 Å². The molecular weight excluding hydrogens is 204 g/mol. The van der Waals surface area contributed by atoms with E-state index >= 15 is 0 Å². The Bertz CT molecular complexity index is 376. The zero-order chi connectivity index (χ0) is 11.5. The summed E-state index contributed by atoms with van der Waals surface area (Å²) in [6.45, 7) is 3.33. The maximum absolute atomic E-state index is 11.8. The van der Waals surface area contributed by atoms with Crippen LogP contribution in [0.5, 0.6) is 0 Å². The Morgan fingerprint density at radius 3 is 2.81 bits per heavy atom. The molecule has 1 aliphatic rings. The molecule has 5 heteroatoms. The van der Waals surface area contributed by atoms with Crippen LogP contribution in [0.2, 0.25) is 0 Å². The van der Waals surface area contributed by atoms with Crippen LogP contribution >= 0.6 is 0 Å². The summed E-state index contributed by atoms with van der Waals surface area (Å²) < 4.78 is 0. The molecular formula is C11H16N4O. The fraction of sp³-hybridized carbons (Fsp3) is 0.545. The van der Waals surface area contributed by atoms with Gasteiger partial charge in [0, 0.05) is 31.5 Å². The first kappa shape index (κ1) is 11.0. The summed E-state index contributed by atoms with van der Waals surface area (Å²) in [6.07, 6.45) is 4.62. The van der Waals surface area contributed by atoms with Gasteiger partial charge in [0.15, 0.2) is 0 Å². The van der Waals surface area contributed by atoms with Crippen LogP contribution in [0.25, 0.3) is 0 Å². The van der Waals surface area contributed by atoms with Crippen LogP contribution in [0.3, 0.4) is 0 Å². The molecule has 2 N–H and O–H groups in total. The third-order valence-electron chi connectivity index (χ3n) is 2.72. The molecule has 1 saturated heterocycles. The van der Waals surface area contributed by atoms with Crippen molar-refractivity contribution < 1.29 is 4.79 Å². The fourth-order valence-electron chi connectivity index (χ4n) is 1.77. The molecule has 1 atom stereocenters. The van der Waals surface area contributed by atoms with Gasteiger partial charge in [-0.1, -0.05) is 0 Å². The summed E-state index contributed by atoms with van der Waals surface area (Å²) in [6, 6.07) is 0.128. The zero-order valence-electron chi connectivity index (χ0n) is 9.39. The molecule has 0 aliphatic carbocycles. The monoisotopic (exact) mass is 220 g/mol. The molecule has 1 amide bonds. The summed E-state index contributed by atoms with van der Waals surface area (Å²) in [7, 11) is 0. The second-order valence-electron chi connectivity index (χ2n) is 4.24. The predicted octanol–water partition coefficient (Wildman–Crippen LogP) is -0.113. The number of hydrogen-bond acceptors (Lipinski definition) is 4. The number of carbonyl (C=O) groups excluding carboxylic acids is 1. The Balaban J connectivity index is 1.94. The Labute approximate surface area is 94.7 Å². The van der Waals surface area contributed by atoms with Gasteiger partial charge < -0.3 is 10.6 Å². The molecule has 0 saturated carbocycles. The standard InChI is InChI=1S/C11H16N4O/c1-8-5-13-10(14-6-8)4-11(16)15-3-2-9(12)7-15/h5-6,9H,2-4,7,12H2,1H3. The van der Waals surface area contributed by atoms with E-state index in [0.29, 0.717) is 12.4 Å². The van der Waals surface area contributed by atoms with Crippen LogP contribution in [-0.4, -0.2) is 39.9 Å². The average Bonchev–Trinajstić information content (AvgIpc) is 2.68. The summed E-state index contributed by atoms with van der Waals surface area (Å²) in [5.74, 6) is 0.646. The van der Waals surface area contributed by atoms with Gasteiger partial charge in [0.1, 0.15) is 5.82 Å². The smallest absolute Gasteiger partial charge is 0.230 e.